The Hall–Kier alpha value is -1.00. The van der Waals surface area contributed by atoms with Crippen molar-refractivity contribution in [2.24, 2.45) is 5.73 Å². The highest BCUT2D eigenvalue weighted by Crippen LogP contribution is 2.32. The van der Waals surface area contributed by atoms with Gasteiger partial charge in [-0.3, -0.25) is 0 Å². The molecule has 15 heavy (non-hydrogen) atoms. The van der Waals surface area contributed by atoms with Gasteiger partial charge in [-0.15, -0.1) is 0 Å². The molecule has 0 aliphatic carbocycles. The van der Waals surface area contributed by atoms with E-state index in [1.54, 1.807) is 0 Å². The fourth-order valence-corrected chi connectivity index (χ4v) is 1.89. The van der Waals surface area contributed by atoms with Crippen LogP contribution in [-0.2, 0) is 4.74 Å². The van der Waals surface area contributed by atoms with Crippen LogP contribution in [0.15, 0.2) is 18.2 Å². The molecule has 2 N–H and O–H groups in total. The molecule has 1 fully saturated rings. The molecule has 2 nitrogen and oxygen atoms in total. The lowest BCUT2D eigenvalue weighted by atomic mass is 10.1. The summed E-state index contributed by atoms with van der Waals surface area (Å²) in [5.41, 5.74) is 6.02. The molecular formula is C11H13F2NO. The molecule has 0 bridgehead atoms. The molecule has 1 aromatic rings. The minimum atomic E-state index is -0.565. The summed E-state index contributed by atoms with van der Waals surface area (Å²) in [4.78, 5) is 0. The highest BCUT2D eigenvalue weighted by molar-refractivity contribution is 5.21. The second-order valence-corrected chi connectivity index (χ2v) is 3.76. The van der Waals surface area contributed by atoms with Crippen LogP contribution >= 0.6 is 0 Å². The maximum atomic E-state index is 12.9. The van der Waals surface area contributed by atoms with E-state index in [2.05, 4.69) is 0 Å². The van der Waals surface area contributed by atoms with Gasteiger partial charge in [-0.2, -0.15) is 0 Å². The van der Waals surface area contributed by atoms with Crippen LogP contribution < -0.4 is 5.73 Å². The fraction of sp³-hybridized carbons (Fsp3) is 0.455. The molecule has 2 atom stereocenters. The third kappa shape index (κ3) is 2.33. The van der Waals surface area contributed by atoms with Crippen molar-refractivity contribution >= 4 is 0 Å². The zero-order chi connectivity index (χ0) is 10.8. The van der Waals surface area contributed by atoms with Gasteiger partial charge in [0, 0.05) is 12.6 Å². The Balaban J connectivity index is 2.16. The molecule has 1 aromatic carbocycles. The topological polar surface area (TPSA) is 35.2 Å². The first-order valence-electron chi connectivity index (χ1n) is 5.00. The van der Waals surface area contributed by atoms with E-state index < -0.39 is 11.6 Å². The van der Waals surface area contributed by atoms with Crippen molar-refractivity contribution < 1.29 is 13.5 Å². The van der Waals surface area contributed by atoms with Crippen molar-refractivity contribution in [3.8, 4) is 0 Å². The molecule has 0 radical (unpaired) electrons. The van der Waals surface area contributed by atoms with E-state index in [-0.39, 0.29) is 12.2 Å². The van der Waals surface area contributed by atoms with Gasteiger partial charge in [0.15, 0.2) is 0 Å². The highest BCUT2D eigenvalue weighted by Gasteiger charge is 2.25. The molecule has 1 aliphatic rings. The molecule has 2 rings (SSSR count). The van der Waals surface area contributed by atoms with Gasteiger partial charge in [0.1, 0.15) is 11.6 Å². The molecule has 0 aromatic heterocycles. The molecule has 1 saturated heterocycles. The fourth-order valence-electron chi connectivity index (χ4n) is 1.89. The molecule has 4 heteroatoms. The highest BCUT2D eigenvalue weighted by atomic mass is 19.1. The SMILES string of the molecule is NC[C@@H]1CC[C@@H](c2cc(F)cc(F)c2)O1. The Bertz CT molecular complexity index is 336. The van der Waals surface area contributed by atoms with Gasteiger partial charge in [-0.05, 0) is 30.5 Å². The smallest absolute Gasteiger partial charge is 0.126 e. The summed E-state index contributed by atoms with van der Waals surface area (Å²) in [5, 5.41) is 0. The molecule has 0 spiro atoms. The van der Waals surface area contributed by atoms with Crippen molar-refractivity contribution in [3.05, 3.63) is 35.4 Å². The second kappa shape index (κ2) is 4.24. The quantitative estimate of drug-likeness (QED) is 0.816. The Morgan fingerprint density at radius 2 is 1.87 bits per heavy atom. The van der Waals surface area contributed by atoms with Crippen molar-refractivity contribution in [2.45, 2.75) is 25.0 Å². The van der Waals surface area contributed by atoms with Gasteiger partial charge in [0.05, 0.1) is 12.2 Å². The average Bonchev–Trinajstić information content (AvgIpc) is 2.64. The standard InChI is InChI=1S/C11H13F2NO/c12-8-3-7(4-9(13)5-8)11-2-1-10(6-14)15-11/h3-5,10-11H,1-2,6,14H2/t10-,11-/m0/s1. The number of hydrogen-bond acceptors (Lipinski definition) is 2. The lowest BCUT2D eigenvalue weighted by Crippen LogP contribution is -2.18. The van der Waals surface area contributed by atoms with E-state index in [9.17, 15) is 8.78 Å². The monoisotopic (exact) mass is 213 g/mol. The van der Waals surface area contributed by atoms with Crippen molar-refractivity contribution in [1.82, 2.24) is 0 Å². The first-order valence-corrected chi connectivity index (χ1v) is 5.00. The average molecular weight is 213 g/mol. The summed E-state index contributed by atoms with van der Waals surface area (Å²) in [6, 6.07) is 3.48. The number of nitrogens with two attached hydrogens (primary N) is 1. The molecule has 1 heterocycles. The number of rotatable bonds is 2. The Kier molecular flexibility index (Phi) is 2.98. The van der Waals surface area contributed by atoms with Gasteiger partial charge < -0.3 is 10.5 Å². The van der Waals surface area contributed by atoms with Gasteiger partial charge >= 0.3 is 0 Å². The van der Waals surface area contributed by atoms with Gasteiger partial charge in [-0.25, -0.2) is 8.78 Å². The van der Waals surface area contributed by atoms with Crippen LogP contribution in [0.25, 0.3) is 0 Å². The van der Waals surface area contributed by atoms with Gasteiger partial charge in [0.25, 0.3) is 0 Å². The summed E-state index contributed by atoms with van der Waals surface area (Å²) < 4.78 is 31.4. The Morgan fingerprint density at radius 3 is 2.40 bits per heavy atom. The van der Waals surface area contributed by atoms with Crippen LogP contribution in [0.3, 0.4) is 0 Å². The van der Waals surface area contributed by atoms with Crippen LogP contribution in [0.2, 0.25) is 0 Å². The first-order chi connectivity index (χ1) is 7.19. The van der Waals surface area contributed by atoms with Crippen LogP contribution in [0.4, 0.5) is 8.78 Å². The van der Waals surface area contributed by atoms with Crippen LogP contribution in [0, 0.1) is 11.6 Å². The van der Waals surface area contributed by atoms with Crippen LogP contribution in [-0.4, -0.2) is 12.6 Å². The van der Waals surface area contributed by atoms with E-state index >= 15 is 0 Å². The van der Waals surface area contributed by atoms with Gasteiger partial charge in [-0.1, -0.05) is 0 Å². The summed E-state index contributed by atoms with van der Waals surface area (Å²) in [7, 11) is 0. The first kappa shape index (κ1) is 10.5. The molecule has 0 unspecified atom stereocenters. The summed E-state index contributed by atoms with van der Waals surface area (Å²) in [6.45, 7) is 0.453. The third-order valence-electron chi connectivity index (χ3n) is 2.63. The lowest BCUT2D eigenvalue weighted by Gasteiger charge is -2.12. The Labute approximate surface area is 87.0 Å². The lowest BCUT2D eigenvalue weighted by molar-refractivity contribution is 0.0495. The summed E-state index contributed by atoms with van der Waals surface area (Å²) in [6.07, 6.45) is 1.41. The molecule has 82 valence electrons. The minimum Gasteiger partial charge on any atom is -0.369 e. The molecular weight excluding hydrogens is 200 g/mol. The maximum Gasteiger partial charge on any atom is 0.126 e. The van der Waals surface area contributed by atoms with Crippen LogP contribution in [0.5, 0.6) is 0 Å². The number of halogens is 2. The van der Waals surface area contributed by atoms with Gasteiger partial charge in [0.2, 0.25) is 0 Å². The zero-order valence-electron chi connectivity index (χ0n) is 8.25. The van der Waals surface area contributed by atoms with E-state index in [1.165, 1.54) is 12.1 Å². The second-order valence-electron chi connectivity index (χ2n) is 3.76. The van der Waals surface area contributed by atoms with E-state index in [1.807, 2.05) is 0 Å². The normalized spacial score (nSPS) is 25.8. The van der Waals surface area contributed by atoms with Crippen molar-refractivity contribution in [2.75, 3.05) is 6.54 Å². The largest absolute Gasteiger partial charge is 0.369 e. The minimum absolute atomic E-state index is 0.0151. The third-order valence-corrected chi connectivity index (χ3v) is 2.63. The number of hydrogen-bond donors (Lipinski definition) is 1. The molecule has 0 amide bonds. The maximum absolute atomic E-state index is 12.9. The Morgan fingerprint density at radius 1 is 1.20 bits per heavy atom. The predicted octanol–water partition coefficient (Wildman–Crippen LogP) is 2.14. The predicted molar refractivity (Wildman–Crippen MR) is 52.3 cm³/mol. The van der Waals surface area contributed by atoms with Crippen molar-refractivity contribution in [3.63, 3.8) is 0 Å². The van der Waals surface area contributed by atoms with E-state index in [0.717, 1.165) is 18.9 Å². The zero-order valence-corrected chi connectivity index (χ0v) is 8.25. The number of ether oxygens (including phenoxy) is 1. The van der Waals surface area contributed by atoms with Crippen molar-refractivity contribution in [1.29, 1.82) is 0 Å². The summed E-state index contributed by atoms with van der Waals surface area (Å²) >= 11 is 0. The molecule has 0 saturated carbocycles. The van der Waals surface area contributed by atoms with E-state index in [0.29, 0.717) is 12.1 Å². The van der Waals surface area contributed by atoms with Crippen LogP contribution in [0.1, 0.15) is 24.5 Å². The number of benzene rings is 1. The summed E-state index contributed by atoms with van der Waals surface area (Å²) in [5.74, 6) is -1.13. The molecule has 1 aliphatic heterocycles. The van der Waals surface area contributed by atoms with E-state index in [4.69, 9.17) is 10.5 Å².